The molecule has 7 heteroatoms. The molecule has 0 saturated heterocycles. The second kappa shape index (κ2) is 9.01. The molecule has 1 unspecified atom stereocenters. The van der Waals surface area contributed by atoms with Crippen LogP contribution in [0.4, 0.5) is 0 Å². The van der Waals surface area contributed by atoms with Gasteiger partial charge in [-0.25, -0.2) is 8.42 Å². The molecule has 0 spiro atoms. The molecule has 2 aromatic carbocycles. The summed E-state index contributed by atoms with van der Waals surface area (Å²) in [7, 11) is 2.44. The van der Waals surface area contributed by atoms with E-state index in [4.69, 9.17) is 4.74 Å². The molecule has 2 rings (SSSR count). The Morgan fingerprint density at radius 3 is 2.37 bits per heavy atom. The number of sulfone groups is 1. The summed E-state index contributed by atoms with van der Waals surface area (Å²) in [5.41, 5.74) is 2.20. The topological polar surface area (TPSA) is 75.7 Å². The van der Waals surface area contributed by atoms with E-state index in [0.717, 1.165) is 11.3 Å². The fourth-order valence-corrected chi connectivity index (χ4v) is 3.59. The Morgan fingerprint density at radius 2 is 1.81 bits per heavy atom. The van der Waals surface area contributed by atoms with Gasteiger partial charge in [0.15, 0.2) is 9.84 Å². The van der Waals surface area contributed by atoms with Crippen molar-refractivity contribution in [2.75, 3.05) is 34.0 Å². The van der Waals surface area contributed by atoms with E-state index in [-0.39, 0.29) is 17.7 Å². The van der Waals surface area contributed by atoms with Gasteiger partial charge in [0, 0.05) is 18.4 Å². The molecular weight excluding hydrogens is 364 g/mol. The van der Waals surface area contributed by atoms with Gasteiger partial charge in [0.2, 0.25) is 0 Å². The minimum absolute atomic E-state index is 0.00597. The first-order valence-electron chi connectivity index (χ1n) is 8.55. The molecule has 0 aliphatic heterocycles. The van der Waals surface area contributed by atoms with Crippen LogP contribution in [0.15, 0.2) is 48.5 Å². The average Bonchev–Trinajstić information content (AvgIpc) is 2.61. The molecule has 0 aliphatic rings. The summed E-state index contributed by atoms with van der Waals surface area (Å²) in [4.78, 5) is 14.5. The summed E-state index contributed by atoms with van der Waals surface area (Å²) >= 11 is 0. The van der Waals surface area contributed by atoms with Crippen LogP contribution in [0, 0.1) is 0 Å². The maximum absolute atomic E-state index is 12.5. The van der Waals surface area contributed by atoms with Gasteiger partial charge in [-0.1, -0.05) is 24.3 Å². The second-order valence-corrected chi connectivity index (χ2v) is 8.87. The number of ether oxygens (including phenoxy) is 1. The molecule has 0 saturated carbocycles. The highest BCUT2D eigenvalue weighted by molar-refractivity contribution is 7.89. The molecule has 0 bridgehead atoms. The molecule has 146 valence electrons. The Kier molecular flexibility index (Phi) is 6.98. The van der Waals surface area contributed by atoms with Gasteiger partial charge in [0.25, 0.3) is 5.91 Å². The zero-order chi connectivity index (χ0) is 20.0. The Hall–Kier alpha value is -2.38. The molecule has 0 aliphatic carbocycles. The van der Waals surface area contributed by atoms with Crippen LogP contribution in [0.5, 0.6) is 5.75 Å². The van der Waals surface area contributed by atoms with E-state index in [1.807, 2.05) is 43.3 Å². The highest BCUT2D eigenvalue weighted by Crippen LogP contribution is 2.22. The molecule has 0 aromatic heterocycles. The molecule has 0 heterocycles. The Balaban J connectivity index is 2.05. The van der Waals surface area contributed by atoms with Gasteiger partial charge in [0.1, 0.15) is 5.75 Å². The molecule has 6 nitrogen and oxygen atoms in total. The molecule has 1 N–H and O–H groups in total. The number of nitrogens with one attached hydrogen (secondary N) is 1. The summed E-state index contributed by atoms with van der Waals surface area (Å²) in [6.45, 7) is 0.435. The van der Waals surface area contributed by atoms with Crippen molar-refractivity contribution in [2.45, 2.75) is 11.8 Å². The van der Waals surface area contributed by atoms with Crippen LogP contribution in [-0.2, 0) is 15.6 Å². The van der Waals surface area contributed by atoms with Gasteiger partial charge < -0.3 is 15.0 Å². The van der Waals surface area contributed by atoms with Crippen LogP contribution in [0.2, 0.25) is 0 Å². The lowest BCUT2D eigenvalue weighted by atomic mass is 10.1. The molecule has 2 aromatic rings. The quantitative estimate of drug-likeness (QED) is 0.748. The zero-order valence-electron chi connectivity index (χ0n) is 16.1. The first-order chi connectivity index (χ1) is 12.7. The van der Waals surface area contributed by atoms with Crippen LogP contribution < -0.4 is 10.1 Å². The van der Waals surface area contributed by atoms with E-state index in [0.29, 0.717) is 17.7 Å². The third-order valence-electron chi connectivity index (χ3n) is 4.20. The summed E-state index contributed by atoms with van der Waals surface area (Å²) in [5, 5.41) is 2.94. The minimum Gasteiger partial charge on any atom is -0.497 e. The Bertz CT molecular complexity index is 877. The smallest absolute Gasteiger partial charge is 0.251 e. The van der Waals surface area contributed by atoms with Crippen molar-refractivity contribution in [3.05, 3.63) is 65.2 Å². The van der Waals surface area contributed by atoms with E-state index in [1.165, 1.54) is 6.26 Å². The number of likely N-dealkylation sites (N-methyl/N-ethyl adjacent to an activating group) is 1. The first-order valence-corrected chi connectivity index (χ1v) is 10.6. The maximum Gasteiger partial charge on any atom is 0.251 e. The van der Waals surface area contributed by atoms with E-state index >= 15 is 0 Å². The fourth-order valence-electron chi connectivity index (χ4n) is 2.79. The number of nitrogens with zero attached hydrogens (tertiary/aromatic N) is 1. The Morgan fingerprint density at radius 1 is 1.15 bits per heavy atom. The molecular formula is C20H26N2O4S. The zero-order valence-corrected chi connectivity index (χ0v) is 16.9. The maximum atomic E-state index is 12.5. The SMILES string of the molecule is COc1cccc(C(CNC(=O)c2ccc(CS(C)(=O)=O)cc2)N(C)C)c1. The van der Waals surface area contributed by atoms with Crippen molar-refractivity contribution in [1.29, 1.82) is 0 Å². The van der Waals surface area contributed by atoms with Crippen molar-refractivity contribution in [3.63, 3.8) is 0 Å². The second-order valence-electron chi connectivity index (χ2n) is 6.73. The lowest BCUT2D eigenvalue weighted by molar-refractivity contribution is 0.0942. The van der Waals surface area contributed by atoms with Crippen LogP contribution in [-0.4, -0.2) is 53.2 Å². The lowest BCUT2D eigenvalue weighted by Gasteiger charge is -2.25. The molecule has 1 amide bonds. The minimum atomic E-state index is -3.09. The van der Waals surface area contributed by atoms with Crippen molar-refractivity contribution < 1.29 is 17.9 Å². The molecule has 1 atom stereocenters. The number of hydrogen-bond donors (Lipinski definition) is 1. The van der Waals surface area contributed by atoms with Crippen molar-refractivity contribution in [3.8, 4) is 5.75 Å². The molecule has 27 heavy (non-hydrogen) atoms. The van der Waals surface area contributed by atoms with Gasteiger partial charge in [-0.15, -0.1) is 0 Å². The van der Waals surface area contributed by atoms with Gasteiger partial charge in [0.05, 0.1) is 18.9 Å². The Labute approximate surface area is 161 Å². The normalized spacial score (nSPS) is 12.6. The summed E-state index contributed by atoms with van der Waals surface area (Å²) in [6, 6.07) is 14.4. The average molecular weight is 391 g/mol. The first kappa shape index (κ1) is 20.9. The number of carbonyl (C=O) groups is 1. The van der Waals surface area contributed by atoms with Gasteiger partial charge in [-0.3, -0.25) is 4.79 Å². The fraction of sp³-hybridized carbons (Fsp3) is 0.350. The summed E-state index contributed by atoms with van der Waals surface area (Å²) in [5.74, 6) is 0.538. The van der Waals surface area contributed by atoms with Crippen molar-refractivity contribution in [1.82, 2.24) is 10.2 Å². The third-order valence-corrected chi connectivity index (χ3v) is 5.06. The van der Waals surface area contributed by atoms with Gasteiger partial charge in [-0.05, 0) is 49.5 Å². The van der Waals surface area contributed by atoms with Gasteiger partial charge >= 0.3 is 0 Å². The number of carbonyl (C=O) groups excluding carboxylic acids is 1. The van der Waals surface area contributed by atoms with E-state index in [9.17, 15) is 13.2 Å². The van der Waals surface area contributed by atoms with E-state index in [1.54, 1.807) is 31.4 Å². The van der Waals surface area contributed by atoms with E-state index in [2.05, 4.69) is 5.32 Å². The lowest BCUT2D eigenvalue weighted by Crippen LogP contribution is -2.34. The predicted molar refractivity (Wildman–Crippen MR) is 107 cm³/mol. The third kappa shape index (κ3) is 6.37. The summed E-state index contributed by atoms with van der Waals surface area (Å²) in [6.07, 6.45) is 1.19. The highest BCUT2D eigenvalue weighted by Gasteiger charge is 2.16. The van der Waals surface area contributed by atoms with Crippen LogP contribution >= 0.6 is 0 Å². The highest BCUT2D eigenvalue weighted by atomic mass is 32.2. The van der Waals surface area contributed by atoms with Crippen LogP contribution in [0.25, 0.3) is 0 Å². The van der Waals surface area contributed by atoms with Crippen LogP contribution in [0.1, 0.15) is 27.5 Å². The van der Waals surface area contributed by atoms with E-state index < -0.39 is 9.84 Å². The number of benzene rings is 2. The molecule has 0 radical (unpaired) electrons. The number of amides is 1. The summed E-state index contributed by atoms with van der Waals surface area (Å²) < 4.78 is 28.0. The number of hydrogen-bond acceptors (Lipinski definition) is 5. The number of rotatable bonds is 8. The molecule has 0 fully saturated rings. The monoisotopic (exact) mass is 390 g/mol. The predicted octanol–water partition coefficient (Wildman–Crippen LogP) is 2.27. The largest absolute Gasteiger partial charge is 0.497 e. The van der Waals surface area contributed by atoms with Crippen LogP contribution in [0.3, 0.4) is 0 Å². The van der Waals surface area contributed by atoms with Crippen molar-refractivity contribution in [2.24, 2.45) is 0 Å². The van der Waals surface area contributed by atoms with Gasteiger partial charge in [-0.2, -0.15) is 0 Å². The standard InChI is InChI=1S/C20H26N2O4S/c1-22(2)19(17-6-5-7-18(12-17)26-3)13-21-20(23)16-10-8-15(9-11-16)14-27(4,24)25/h5-12,19H,13-14H2,1-4H3,(H,21,23). The van der Waals surface area contributed by atoms with Crippen molar-refractivity contribution >= 4 is 15.7 Å². The number of methoxy groups -OCH3 is 1.